The molecular formula is C25H17N5O. The fourth-order valence-electron chi connectivity index (χ4n) is 4.30. The molecule has 1 atom stereocenters. The number of nitrogens with one attached hydrogen (secondary N) is 2. The van der Waals surface area contributed by atoms with Gasteiger partial charge < -0.3 is 10.3 Å². The zero-order valence-electron chi connectivity index (χ0n) is 16.4. The molecule has 148 valence electrons. The Morgan fingerprint density at radius 3 is 2.55 bits per heavy atom. The van der Waals surface area contributed by atoms with Crippen molar-refractivity contribution in [3.05, 3.63) is 102 Å². The minimum atomic E-state index is -0.245. The number of hydrogen-bond donors (Lipinski definition) is 2. The normalized spacial score (nSPS) is 14.3. The molecule has 0 bridgehead atoms. The molecule has 5 aromatic rings. The second kappa shape index (κ2) is 6.88. The van der Waals surface area contributed by atoms with Crippen molar-refractivity contribution in [1.82, 2.24) is 25.3 Å². The Labute approximate surface area is 178 Å². The van der Waals surface area contributed by atoms with Crippen molar-refractivity contribution in [2.24, 2.45) is 0 Å². The summed E-state index contributed by atoms with van der Waals surface area (Å²) in [5.74, 6) is 0.634. The topological polar surface area (TPSA) is 83.6 Å². The smallest absolute Gasteiger partial charge is 0.253 e. The fourth-order valence-corrected chi connectivity index (χ4v) is 4.30. The number of imidazole rings is 1. The van der Waals surface area contributed by atoms with Crippen molar-refractivity contribution in [2.75, 3.05) is 0 Å². The molecule has 3 aromatic heterocycles. The lowest BCUT2D eigenvalue weighted by atomic mass is 9.98. The van der Waals surface area contributed by atoms with E-state index in [4.69, 9.17) is 4.98 Å². The molecular weight excluding hydrogens is 386 g/mol. The fraction of sp³-hybridized carbons (Fsp3) is 0.0400. The number of carbonyl (C=O) groups is 1. The lowest BCUT2D eigenvalue weighted by molar-refractivity contribution is 0.0943. The summed E-state index contributed by atoms with van der Waals surface area (Å²) in [6.45, 7) is 0. The standard InChI is InChI=1S/C25H17N5O/c31-25(15-5-4-11-26-13-15)30-23-17-7-2-1-6-16(17)22-18(23)8-3-9-19(22)24-28-20-10-12-27-14-21(20)29-24/h1-14,23H,(H,28,29)(H,30,31). The van der Waals surface area contributed by atoms with Crippen LogP contribution in [0.25, 0.3) is 33.5 Å². The van der Waals surface area contributed by atoms with E-state index < -0.39 is 0 Å². The van der Waals surface area contributed by atoms with E-state index in [0.29, 0.717) is 5.56 Å². The first-order valence-electron chi connectivity index (χ1n) is 10.0. The van der Waals surface area contributed by atoms with Crippen LogP contribution in [0.5, 0.6) is 0 Å². The Hall–Kier alpha value is -4.32. The van der Waals surface area contributed by atoms with Crippen LogP contribution in [-0.2, 0) is 0 Å². The third-order valence-corrected chi connectivity index (χ3v) is 5.69. The van der Waals surface area contributed by atoms with Crippen LogP contribution in [0.1, 0.15) is 27.5 Å². The van der Waals surface area contributed by atoms with Crippen LogP contribution in [-0.4, -0.2) is 25.8 Å². The highest BCUT2D eigenvalue weighted by atomic mass is 16.1. The quantitative estimate of drug-likeness (QED) is 0.464. The van der Waals surface area contributed by atoms with E-state index >= 15 is 0 Å². The van der Waals surface area contributed by atoms with Gasteiger partial charge in [-0.3, -0.25) is 14.8 Å². The predicted molar refractivity (Wildman–Crippen MR) is 118 cm³/mol. The molecule has 2 aromatic carbocycles. The summed E-state index contributed by atoms with van der Waals surface area (Å²) in [7, 11) is 0. The average molecular weight is 403 g/mol. The highest BCUT2D eigenvalue weighted by Gasteiger charge is 2.32. The van der Waals surface area contributed by atoms with Gasteiger partial charge in [0.25, 0.3) is 5.91 Å². The molecule has 1 unspecified atom stereocenters. The van der Waals surface area contributed by atoms with Crippen molar-refractivity contribution in [2.45, 2.75) is 6.04 Å². The van der Waals surface area contributed by atoms with Crippen molar-refractivity contribution >= 4 is 16.9 Å². The van der Waals surface area contributed by atoms with Gasteiger partial charge in [0.1, 0.15) is 5.82 Å². The molecule has 0 aliphatic heterocycles. The lowest BCUT2D eigenvalue weighted by Gasteiger charge is -2.16. The average Bonchev–Trinajstić information content (AvgIpc) is 3.39. The number of fused-ring (bicyclic) bond motifs is 4. The van der Waals surface area contributed by atoms with Crippen molar-refractivity contribution < 1.29 is 4.79 Å². The second-order valence-electron chi connectivity index (χ2n) is 7.48. The van der Waals surface area contributed by atoms with Gasteiger partial charge in [0.05, 0.1) is 28.8 Å². The molecule has 6 heteroatoms. The van der Waals surface area contributed by atoms with Gasteiger partial charge in [0, 0.05) is 24.2 Å². The molecule has 0 saturated heterocycles. The Morgan fingerprint density at radius 1 is 0.839 bits per heavy atom. The minimum absolute atomic E-state index is 0.152. The summed E-state index contributed by atoms with van der Waals surface area (Å²) in [4.78, 5) is 29.3. The number of amides is 1. The number of carbonyl (C=O) groups excluding carboxylic acids is 1. The first-order chi connectivity index (χ1) is 15.3. The number of aromatic nitrogens is 4. The highest BCUT2D eigenvalue weighted by molar-refractivity contribution is 5.97. The van der Waals surface area contributed by atoms with E-state index in [2.05, 4.69) is 44.5 Å². The van der Waals surface area contributed by atoms with Crippen LogP contribution >= 0.6 is 0 Å². The molecule has 2 N–H and O–H groups in total. The van der Waals surface area contributed by atoms with Gasteiger partial charge in [0.15, 0.2) is 0 Å². The van der Waals surface area contributed by atoms with E-state index in [9.17, 15) is 4.79 Å². The van der Waals surface area contributed by atoms with Crippen molar-refractivity contribution in [3.63, 3.8) is 0 Å². The Bertz CT molecular complexity index is 1410. The molecule has 1 amide bonds. The van der Waals surface area contributed by atoms with Gasteiger partial charge >= 0.3 is 0 Å². The Morgan fingerprint density at radius 2 is 1.68 bits per heavy atom. The van der Waals surface area contributed by atoms with Gasteiger partial charge in [-0.2, -0.15) is 0 Å². The number of aromatic amines is 1. The summed E-state index contributed by atoms with van der Waals surface area (Å²) in [5.41, 5.74) is 7.60. The molecule has 0 radical (unpaired) electrons. The zero-order chi connectivity index (χ0) is 20.8. The maximum atomic E-state index is 12.9. The summed E-state index contributed by atoms with van der Waals surface area (Å²) < 4.78 is 0. The summed E-state index contributed by atoms with van der Waals surface area (Å²) in [5, 5.41) is 3.19. The summed E-state index contributed by atoms with van der Waals surface area (Å²) in [6, 6.07) is 19.5. The van der Waals surface area contributed by atoms with E-state index in [1.807, 2.05) is 24.3 Å². The first kappa shape index (κ1) is 17.5. The van der Waals surface area contributed by atoms with E-state index in [-0.39, 0.29) is 11.9 Å². The van der Waals surface area contributed by atoms with Crippen molar-refractivity contribution in [3.8, 4) is 22.5 Å². The second-order valence-corrected chi connectivity index (χ2v) is 7.48. The predicted octanol–water partition coefficient (Wildman–Crippen LogP) is 4.52. The number of pyridine rings is 2. The molecule has 6 rings (SSSR count). The number of benzene rings is 2. The van der Waals surface area contributed by atoms with Crippen LogP contribution in [0.4, 0.5) is 0 Å². The molecule has 0 fully saturated rings. The van der Waals surface area contributed by atoms with Gasteiger partial charge in [0.2, 0.25) is 0 Å². The van der Waals surface area contributed by atoms with Gasteiger partial charge in [-0.05, 0) is 40.5 Å². The van der Waals surface area contributed by atoms with Gasteiger partial charge in [-0.15, -0.1) is 0 Å². The molecule has 1 aliphatic rings. The van der Waals surface area contributed by atoms with Crippen molar-refractivity contribution in [1.29, 1.82) is 0 Å². The van der Waals surface area contributed by atoms with Crippen LogP contribution in [0.2, 0.25) is 0 Å². The molecule has 0 spiro atoms. The lowest BCUT2D eigenvalue weighted by Crippen LogP contribution is -2.28. The number of H-pyrrole nitrogens is 1. The number of rotatable bonds is 3. The third-order valence-electron chi connectivity index (χ3n) is 5.69. The third kappa shape index (κ3) is 2.80. The van der Waals surface area contributed by atoms with E-state index in [0.717, 1.165) is 44.7 Å². The minimum Gasteiger partial charge on any atom is -0.341 e. The Kier molecular flexibility index (Phi) is 3.89. The molecule has 1 aliphatic carbocycles. The van der Waals surface area contributed by atoms with Crippen LogP contribution in [0.15, 0.2) is 85.5 Å². The first-order valence-corrected chi connectivity index (χ1v) is 10.0. The molecule has 0 saturated carbocycles. The summed E-state index contributed by atoms with van der Waals surface area (Å²) >= 11 is 0. The van der Waals surface area contributed by atoms with Crippen LogP contribution in [0.3, 0.4) is 0 Å². The number of hydrogen-bond acceptors (Lipinski definition) is 4. The highest BCUT2D eigenvalue weighted by Crippen LogP contribution is 2.47. The molecule has 31 heavy (non-hydrogen) atoms. The summed E-state index contributed by atoms with van der Waals surface area (Å²) in [6.07, 6.45) is 6.75. The van der Waals surface area contributed by atoms with Crippen LogP contribution in [0, 0.1) is 0 Å². The SMILES string of the molecule is O=C(NC1c2ccccc2-c2c(-c3nc4ccncc4[nH]3)cccc21)c1cccnc1. The Balaban J connectivity index is 1.49. The maximum absolute atomic E-state index is 12.9. The van der Waals surface area contributed by atoms with Gasteiger partial charge in [-0.25, -0.2) is 4.98 Å². The van der Waals surface area contributed by atoms with E-state index in [1.165, 1.54) is 0 Å². The van der Waals surface area contributed by atoms with Crippen LogP contribution < -0.4 is 5.32 Å². The number of nitrogens with zero attached hydrogens (tertiary/aromatic N) is 3. The molecule has 6 nitrogen and oxygen atoms in total. The largest absolute Gasteiger partial charge is 0.341 e. The zero-order valence-corrected chi connectivity index (χ0v) is 16.4. The van der Waals surface area contributed by atoms with Gasteiger partial charge in [-0.1, -0.05) is 42.5 Å². The monoisotopic (exact) mass is 403 g/mol. The van der Waals surface area contributed by atoms with E-state index in [1.54, 1.807) is 36.9 Å². The maximum Gasteiger partial charge on any atom is 0.253 e. The molecule has 3 heterocycles.